The van der Waals surface area contributed by atoms with E-state index in [1.54, 1.807) is 42.5 Å². The number of fused-ring (bicyclic) bond motifs is 2. The molecule has 1 aliphatic heterocycles. The molecule has 0 spiro atoms. The van der Waals surface area contributed by atoms with Gasteiger partial charge in [0.05, 0.1) is 10.9 Å². The summed E-state index contributed by atoms with van der Waals surface area (Å²) in [5, 5.41) is 11.4. The Morgan fingerprint density at radius 2 is 2.00 bits per heavy atom. The first kappa shape index (κ1) is 24.7. The third kappa shape index (κ3) is 4.75. The average Bonchev–Trinajstić information content (AvgIpc) is 3.22. The third-order valence-corrected chi connectivity index (χ3v) is 7.61. The van der Waals surface area contributed by atoms with Crippen molar-refractivity contribution < 1.29 is 19.0 Å². The second kappa shape index (κ2) is 10.2. The van der Waals surface area contributed by atoms with Gasteiger partial charge >= 0.3 is 5.97 Å². The van der Waals surface area contributed by atoms with Crippen molar-refractivity contribution in [2.24, 2.45) is 5.73 Å². The Morgan fingerprint density at radius 3 is 2.78 bits per heavy atom. The smallest absolute Gasteiger partial charge is 0.355 e. The van der Waals surface area contributed by atoms with E-state index in [4.69, 9.17) is 43.1 Å². The summed E-state index contributed by atoms with van der Waals surface area (Å²) in [6, 6.07) is 19.7. The Bertz CT molecular complexity index is 1640. The average molecular weight is 549 g/mol. The number of carbonyl (C=O) groups is 1. The number of esters is 1. The second-order valence-electron chi connectivity index (χ2n) is 8.07. The van der Waals surface area contributed by atoms with E-state index in [0.717, 1.165) is 15.6 Å². The molecule has 4 aromatic rings. The number of hydrogen-bond donors (Lipinski definition) is 1. The Labute approximate surface area is 226 Å². The lowest BCUT2D eigenvalue weighted by Gasteiger charge is -2.27. The van der Waals surface area contributed by atoms with E-state index in [0.29, 0.717) is 33.7 Å². The fraction of sp³-hybridized carbons (Fsp3) is 0.0714. The molecular weight excluding hydrogens is 531 g/mol. The highest BCUT2D eigenvalue weighted by Crippen LogP contribution is 2.44. The van der Waals surface area contributed by atoms with E-state index < -0.39 is 11.9 Å². The molecule has 1 atom stereocenters. The molecule has 1 unspecified atom stereocenters. The topological polar surface area (TPSA) is 94.6 Å². The molecule has 0 fully saturated rings. The standard InChI is InChI=1S/C28H18Cl2N2O4S/c1-2-10-34-17-5-3-4-15(11-17)24-19-9-7-18(13-22(19)36-27(32)21(24)14-31)35-28(33)26-25(30)20-8-6-16(29)12-23(20)37-26/h2-9,11-13,24H,1,10,32H2. The number of nitrogens with two attached hydrogens (primary N) is 1. The molecule has 0 bridgehead atoms. The van der Waals surface area contributed by atoms with Crippen molar-refractivity contribution in [2.45, 2.75) is 5.92 Å². The zero-order valence-electron chi connectivity index (χ0n) is 19.2. The fourth-order valence-electron chi connectivity index (χ4n) is 4.10. The monoisotopic (exact) mass is 548 g/mol. The Balaban J connectivity index is 1.47. The first-order chi connectivity index (χ1) is 17.9. The third-order valence-electron chi connectivity index (χ3n) is 5.74. The van der Waals surface area contributed by atoms with Gasteiger partial charge in [-0.2, -0.15) is 5.26 Å². The van der Waals surface area contributed by atoms with Crippen molar-refractivity contribution in [2.75, 3.05) is 6.61 Å². The molecule has 9 heteroatoms. The van der Waals surface area contributed by atoms with Crippen LogP contribution in [0.4, 0.5) is 0 Å². The van der Waals surface area contributed by atoms with Crippen molar-refractivity contribution in [3.05, 3.63) is 111 Å². The molecule has 184 valence electrons. The van der Waals surface area contributed by atoms with Crippen molar-refractivity contribution in [1.29, 1.82) is 5.26 Å². The minimum absolute atomic E-state index is 0.0229. The summed E-state index contributed by atoms with van der Waals surface area (Å²) >= 11 is 13.7. The number of carbonyl (C=O) groups excluding carboxylic acids is 1. The van der Waals surface area contributed by atoms with Gasteiger partial charge in [0.2, 0.25) is 5.88 Å². The van der Waals surface area contributed by atoms with Gasteiger partial charge in [0, 0.05) is 26.7 Å². The van der Waals surface area contributed by atoms with E-state index in [9.17, 15) is 10.1 Å². The SMILES string of the molecule is C=CCOc1cccc(C2C(C#N)=C(N)Oc3cc(OC(=O)c4sc5cc(Cl)ccc5c4Cl)ccc32)c1. The maximum absolute atomic E-state index is 13.0. The Kier molecular flexibility index (Phi) is 6.81. The van der Waals surface area contributed by atoms with Crippen LogP contribution < -0.4 is 19.9 Å². The summed E-state index contributed by atoms with van der Waals surface area (Å²) < 4.78 is 17.8. The van der Waals surface area contributed by atoms with Crippen molar-refractivity contribution in [3.63, 3.8) is 0 Å². The van der Waals surface area contributed by atoms with Gasteiger partial charge in [0.1, 0.15) is 40.4 Å². The molecule has 37 heavy (non-hydrogen) atoms. The molecule has 1 aliphatic rings. The molecule has 1 aromatic heterocycles. The Morgan fingerprint density at radius 1 is 1.16 bits per heavy atom. The largest absolute Gasteiger partial charge is 0.490 e. The van der Waals surface area contributed by atoms with Gasteiger partial charge in [-0.1, -0.05) is 60.1 Å². The molecule has 0 radical (unpaired) electrons. The number of nitriles is 1. The van der Waals surface area contributed by atoms with Gasteiger partial charge in [-0.05, 0) is 35.9 Å². The van der Waals surface area contributed by atoms with Crippen LogP contribution in [0.15, 0.2) is 84.8 Å². The minimum Gasteiger partial charge on any atom is -0.490 e. The molecule has 0 amide bonds. The number of halogens is 2. The van der Waals surface area contributed by atoms with E-state index in [1.165, 1.54) is 11.3 Å². The Hall–Kier alpha value is -3.96. The fourth-order valence-corrected chi connectivity index (χ4v) is 5.77. The van der Waals surface area contributed by atoms with Crippen LogP contribution >= 0.6 is 34.5 Å². The van der Waals surface area contributed by atoms with Crippen molar-refractivity contribution in [1.82, 2.24) is 0 Å². The van der Waals surface area contributed by atoms with Crippen LogP contribution in [0.25, 0.3) is 10.1 Å². The van der Waals surface area contributed by atoms with Gasteiger partial charge in [-0.25, -0.2) is 4.79 Å². The normalized spacial score (nSPS) is 14.5. The molecule has 0 saturated carbocycles. The lowest BCUT2D eigenvalue weighted by atomic mass is 9.83. The second-order valence-corrected chi connectivity index (χ2v) is 9.94. The molecule has 0 saturated heterocycles. The van der Waals surface area contributed by atoms with Crippen LogP contribution in [0.1, 0.15) is 26.7 Å². The van der Waals surface area contributed by atoms with Gasteiger partial charge < -0.3 is 19.9 Å². The summed E-state index contributed by atoms with van der Waals surface area (Å²) in [4.78, 5) is 13.2. The molecule has 6 nitrogen and oxygen atoms in total. The summed E-state index contributed by atoms with van der Waals surface area (Å²) in [6.07, 6.45) is 1.65. The first-order valence-corrected chi connectivity index (χ1v) is 12.6. The summed E-state index contributed by atoms with van der Waals surface area (Å²) in [7, 11) is 0. The zero-order valence-corrected chi connectivity index (χ0v) is 21.5. The summed E-state index contributed by atoms with van der Waals surface area (Å²) in [6.45, 7) is 4.01. The molecule has 3 aromatic carbocycles. The van der Waals surface area contributed by atoms with Gasteiger partial charge in [-0.3, -0.25) is 0 Å². The number of hydrogen-bond acceptors (Lipinski definition) is 7. The minimum atomic E-state index is -0.608. The highest BCUT2D eigenvalue weighted by molar-refractivity contribution is 7.21. The molecule has 5 rings (SSSR count). The van der Waals surface area contributed by atoms with Crippen LogP contribution in [0.2, 0.25) is 10.0 Å². The lowest BCUT2D eigenvalue weighted by Crippen LogP contribution is -2.21. The number of nitrogens with zero attached hydrogens (tertiary/aromatic N) is 1. The van der Waals surface area contributed by atoms with Crippen LogP contribution in [-0.4, -0.2) is 12.6 Å². The lowest BCUT2D eigenvalue weighted by molar-refractivity contribution is 0.0740. The predicted octanol–water partition coefficient (Wildman–Crippen LogP) is 7.21. The highest BCUT2D eigenvalue weighted by Gasteiger charge is 2.31. The molecular formula is C28H18Cl2N2O4S. The van der Waals surface area contributed by atoms with Crippen molar-refractivity contribution >= 4 is 50.6 Å². The van der Waals surface area contributed by atoms with Crippen LogP contribution in [0, 0.1) is 11.3 Å². The summed E-state index contributed by atoms with van der Waals surface area (Å²) in [5.41, 5.74) is 7.89. The number of benzene rings is 3. The number of allylic oxidation sites excluding steroid dienone is 1. The highest BCUT2D eigenvalue weighted by atomic mass is 35.5. The van der Waals surface area contributed by atoms with Gasteiger partial charge in [-0.15, -0.1) is 11.3 Å². The summed E-state index contributed by atoms with van der Waals surface area (Å²) in [5.74, 6) is 0.123. The van der Waals surface area contributed by atoms with Gasteiger partial charge in [0.25, 0.3) is 0 Å². The van der Waals surface area contributed by atoms with E-state index >= 15 is 0 Å². The van der Waals surface area contributed by atoms with Crippen LogP contribution in [0.5, 0.6) is 17.2 Å². The van der Waals surface area contributed by atoms with Crippen molar-refractivity contribution in [3.8, 4) is 23.3 Å². The van der Waals surface area contributed by atoms with E-state index in [1.807, 2.05) is 24.3 Å². The van der Waals surface area contributed by atoms with Crippen LogP contribution in [-0.2, 0) is 0 Å². The molecule has 2 N–H and O–H groups in total. The first-order valence-electron chi connectivity index (χ1n) is 11.0. The maximum atomic E-state index is 13.0. The quantitative estimate of drug-likeness (QED) is 0.155. The van der Waals surface area contributed by atoms with Crippen LogP contribution in [0.3, 0.4) is 0 Å². The maximum Gasteiger partial charge on any atom is 0.355 e. The van der Waals surface area contributed by atoms with Gasteiger partial charge in [0.15, 0.2) is 0 Å². The number of ether oxygens (including phenoxy) is 3. The van der Waals surface area contributed by atoms with E-state index in [2.05, 4.69) is 12.6 Å². The predicted molar refractivity (Wildman–Crippen MR) is 145 cm³/mol. The molecule has 2 heterocycles. The van der Waals surface area contributed by atoms with E-state index in [-0.39, 0.29) is 22.1 Å². The molecule has 0 aliphatic carbocycles. The number of rotatable bonds is 6. The number of thiophene rings is 1. The zero-order chi connectivity index (χ0) is 26.1.